The standard InChI is InChI=1S/C19H24F3N3O2/c1-23(2)16-7-4-8-24(12-16)18(27)13-9-17(26)25(11-13)15-6-3-5-14(10-15)19(20,21)22/h3,5-6,10,13,16H,4,7-9,11-12H2,1-2H3. The molecule has 2 fully saturated rings. The zero-order chi connectivity index (χ0) is 19.8. The molecule has 0 saturated carbocycles. The Morgan fingerprint density at radius 1 is 1.22 bits per heavy atom. The van der Waals surface area contributed by atoms with E-state index in [0.29, 0.717) is 19.1 Å². The highest BCUT2D eigenvalue weighted by Crippen LogP contribution is 2.34. The van der Waals surface area contributed by atoms with Crippen molar-refractivity contribution in [3.05, 3.63) is 29.8 Å². The van der Waals surface area contributed by atoms with Gasteiger partial charge in [0.15, 0.2) is 0 Å². The molecule has 27 heavy (non-hydrogen) atoms. The summed E-state index contributed by atoms with van der Waals surface area (Å²) in [4.78, 5) is 30.4. The van der Waals surface area contributed by atoms with Crippen LogP contribution in [0.3, 0.4) is 0 Å². The number of anilines is 1. The first-order valence-electron chi connectivity index (χ1n) is 9.09. The number of nitrogens with zero attached hydrogens (tertiary/aromatic N) is 3. The first-order chi connectivity index (χ1) is 12.7. The lowest BCUT2D eigenvalue weighted by Gasteiger charge is -2.37. The second kappa shape index (κ2) is 7.50. The highest BCUT2D eigenvalue weighted by molar-refractivity contribution is 6.00. The number of carbonyl (C=O) groups is 2. The normalized spacial score (nSPS) is 24.0. The van der Waals surface area contributed by atoms with Gasteiger partial charge in [0.1, 0.15) is 0 Å². The van der Waals surface area contributed by atoms with Crippen molar-refractivity contribution >= 4 is 17.5 Å². The minimum Gasteiger partial charge on any atom is -0.341 e. The maximum Gasteiger partial charge on any atom is 0.416 e. The van der Waals surface area contributed by atoms with Gasteiger partial charge in [0, 0.05) is 37.8 Å². The van der Waals surface area contributed by atoms with Crippen LogP contribution >= 0.6 is 0 Å². The van der Waals surface area contributed by atoms with Crippen molar-refractivity contribution in [2.45, 2.75) is 31.5 Å². The molecule has 1 aromatic carbocycles. The van der Waals surface area contributed by atoms with E-state index >= 15 is 0 Å². The number of amides is 2. The fraction of sp³-hybridized carbons (Fsp3) is 0.579. The summed E-state index contributed by atoms with van der Waals surface area (Å²) < 4.78 is 38.8. The molecule has 0 spiro atoms. The van der Waals surface area contributed by atoms with Gasteiger partial charge in [-0.25, -0.2) is 0 Å². The molecule has 0 bridgehead atoms. The average Bonchev–Trinajstić information content (AvgIpc) is 3.02. The molecule has 148 valence electrons. The first-order valence-corrected chi connectivity index (χ1v) is 9.09. The van der Waals surface area contributed by atoms with E-state index in [1.165, 1.54) is 17.0 Å². The number of likely N-dealkylation sites (tertiary alicyclic amines) is 1. The number of halogens is 3. The molecule has 0 aliphatic carbocycles. The molecule has 0 aromatic heterocycles. The van der Waals surface area contributed by atoms with Gasteiger partial charge in [-0.2, -0.15) is 13.2 Å². The Bertz CT molecular complexity index is 720. The van der Waals surface area contributed by atoms with Crippen LogP contribution < -0.4 is 4.90 Å². The zero-order valence-electron chi connectivity index (χ0n) is 15.5. The van der Waals surface area contributed by atoms with Gasteiger partial charge in [-0.1, -0.05) is 6.07 Å². The van der Waals surface area contributed by atoms with Gasteiger partial charge in [0.2, 0.25) is 11.8 Å². The van der Waals surface area contributed by atoms with Crippen molar-refractivity contribution in [2.75, 3.05) is 38.6 Å². The van der Waals surface area contributed by atoms with E-state index in [4.69, 9.17) is 0 Å². The Morgan fingerprint density at radius 2 is 1.96 bits per heavy atom. The van der Waals surface area contributed by atoms with Gasteiger partial charge in [0.25, 0.3) is 0 Å². The van der Waals surface area contributed by atoms with E-state index < -0.39 is 17.7 Å². The van der Waals surface area contributed by atoms with Crippen LogP contribution in [0.2, 0.25) is 0 Å². The molecule has 8 heteroatoms. The molecule has 2 unspecified atom stereocenters. The molecule has 2 atom stereocenters. The number of piperidine rings is 1. The van der Waals surface area contributed by atoms with E-state index in [1.54, 1.807) is 4.90 Å². The smallest absolute Gasteiger partial charge is 0.341 e. The summed E-state index contributed by atoms with van der Waals surface area (Å²) in [5, 5.41) is 0. The third-order valence-electron chi connectivity index (χ3n) is 5.40. The number of carbonyl (C=O) groups excluding carboxylic acids is 2. The quantitative estimate of drug-likeness (QED) is 0.806. The van der Waals surface area contributed by atoms with E-state index in [9.17, 15) is 22.8 Å². The Balaban J connectivity index is 1.71. The lowest BCUT2D eigenvalue weighted by atomic mass is 10.0. The summed E-state index contributed by atoms with van der Waals surface area (Å²) in [5.41, 5.74) is -0.609. The Hall–Kier alpha value is -2.09. The van der Waals surface area contributed by atoms with Crippen LogP contribution in [0.15, 0.2) is 24.3 Å². The average molecular weight is 383 g/mol. The summed E-state index contributed by atoms with van der Waals surface area (Å²) in [6.45, 7) is 1.42. The molecule has 2 aliphatic rings. The van der Waals surface area contributed by atoms with Crippen LogP contribution in [-0.4, -0.2) is 61.4 Å². The lowest BCUT2D eigenvalue weighted by Crippen LogP contribution is -2.49. The minimum absolute atomic E-state index is 0.0399. The zero-order valence-corrected chi connectivity index (χ0v) is 15.5. The molecular weight excluding hydrogens is 359 g/mol. The monoisotopic (exact) mass is 383 g/mol. The summed E-state index contributed by atoms with van der Waals surface area (Å²) in [6, 6.07) is 4.99. The largest absolute Gasteiger partial charge is 0.416 e. The number of benzene rings is 1. The van der Waals surface area contributed by atoms with Crippen LogP contribution in [0.25, 0.3) is 0 Å². The Kier molecular flexibility index (Phi) is 5.46. The van der Waals surface area contributed by atoms with E-state index in [0.717, 1.165) is 25.0 Å². The van der Waals surface area contributed by atoms with Gasteiger partial charge < -0.3 is 14.7 Å². The number of likely N-dealkylation sites (N-methyl/N-ethyl adjacent to an activating group) is 1. The van der Waals surface area contributed by atoms with E-state index in [-0.39, 0.29) is 30.5 Å². The lowest BCUT2D eigenvalue weighted by molar-refractivity contribution is -0.138. The van der Waals surface area contributed by atoms with Crippen molar-refractivity contribution in [1.82, 2.24) is 9.80 Å². The predicted octanol–water partition coefficient (Wildman–Crippen LogP) is 2.61. The molecule has 0 radical (unpaired) electrons. The molecule has 2 aliphatic heterocycles. The van der Waals surface area contributed by atoms with Gasteiger partial charge in [0.05, 0.1) is 11.5 Å². The molecule has 2 saturated heterocycles. The molecule has 1 aromatic rings. The summed E-state index contributed by atoms with van der Waals surface area (Å²) in [6.07, 6.45) is -2.50. The second-order valence-corrected chi connectivity index (χ2v) is 7.50. The fourth-order valence-electron chi connectivity index (χ4n) is 3.81. The van der Waals surface area contributed by atoms with Gasteiger partial charge in [-0.05, 0) is 45.1 Å². The van der Waals surface area contributed by atoms with Crippen LogP contribution in [0.5, 0.6) is 0 Å². The van der Waals surface area contributed by atoms with Crippen molar-refractivity contribution in [3.63, 3.8) is 0 Å². The van der Waals surface area contributed by atoms with Gasteiger partial charge >= 0.3 is 6.18 Å². The van der Waals surface area contributed by atoms with Crippen molar-refractivity contribution in [3.8, 4) is 0 Å². The molecule has 0 N–H and O–H groups in total. The minimum atomic E-state index is -4.47. The Morgan fingerprint density at radius 3 is 2.63 bits per heavy atom. The molecule has 2 amide bonds. The highest BCUT2D eigenvalue weighted by Gasteiger charge is 2.39. The molecule has 2 heterocycles. The maximum atomic E-state index is 12.9. The number of hydrogen-bond acceptors (Lipinski definition) is 3. The summed E-state index contributed by atoms with van der Waals surface area (Å²) in [5.74, 6) is -0.897. The topological polar surface area (TPSA) is 43.9 Å². The summed E-state index contributed by atoms with van der Waals surface area (Å²) in [7, 11) is 3.96. The number of rotatable bonds is 3. The van der Waals surface area contributed by atoms with Crippen molar-refractivity contribution in [2.24, 2.45) is 5.92 Å². The SMILES string of the molecule is CN(C)C1CCCN(C(=O)C2CC(=O)N(c3cccc(C(F)(F)F)c3)C2)C1. The second-order valence-electron chi connectivity index (χ2n) is 7.50. The third kappa shape index (κ3) is 4.26. The Labute approximate surface area is 156 Å². The molecular formula is C19H24F3N3O2. The van der Waals surface area contributed by atoms with E-state index in [1.807, 2.05) is 14.1 Å². The van der Waals surface area contributed by atoms with E-state index in [2.05, 4.69) is 4.90 Å². The van der Waals surface area contributed by atoms with Crippen LogP contribution in [0.1, 0.15) is 24.8 Å². The van der Waals surface area contributed by atoms with Gasteiger partial charge in [-0.3, -0.25) is 9.59 Å². The first kappa shape index (κ1) is 19.7. The summed E-state index contributed by atoms with van der Waals surface area (Å²) >= 11 is 0. The number of alkyl halides is 3. The van der Waals surface area contributed by atoms with Crippen LogP contribution in [0.4, 0.5) is 18.9 Å². The molecule has 3 rings (SSSR count). The maximum absolute atomic E-state index is 12.9. The van der Waals surface area contributed by atoms with Crippen LogP contribution in [0, 0.1) is 5.92 Å². The molecule has 5 nitrogen and oxygen atoms in total. The highest BCUT2D eigenvalue weighted by atomic mass is 19.4. The number of hydrogen-bond donors (Lipinski definition) is 0. The fourth-order valence-corrected chi connectivity index (χ4v) is 3.81. The van der Waals surface area contributed by atoms with Crippen molar-refractivity contribution in [1.29, 1.82) is 0 Å². The van der Waals surface area contributed by atoms with Crippen LogP contribution in [-0.2, 0) is 15.8 Å². The van der Waals surface area contributed by atoms with Crippen molar-refractivity contribution < 1.29 is 22.8 Å². The third-order valence-corrected chi connectivity index (χ3v) is 5.40. The predicted molar refractivity (Wildman–Crippen MR) is 95.2 cm³/mol. The van der Waals surface area contributed by atoms with Gasteiger partial charge in [-0.15, -0.1) is 0 Å².